The standard InChI is InChI=1S/C20H34N4O/c1-15(14-25)13-23-8-10-24(11-9-23)18-12-17(16-6-5-7-16)21-19(22-18)20(2,3)4/h12,15-16,25H,5-11,13-14H2,1-4H3. The molecule has 2 aliphatic rings. The molecule has 140 valence electrons. The highest BCUT2D eigenvalue weighted by molar-refractivity contribution is 5.42. The molecule has 1 aliphatic carbocycles. The van der Waals surface area contributed by atoms with Gasteiger partial charge in [0.2, 0.25) is 0 Å². The van der Waals surface area contributed by atoms with Crippen LogP contribution in [-0.4, -0.2) is 59.3 Å². The zero-order chi connectivity index (χ0) is 18.0. The van der Waals surface area contributed by atoms with Gasteiger partial charge in [-0.25, -0.2) is 9.97 Å². The number of piperazine rings is 1. The number of anilines is 1. The molecule has 5 heteroatoms. The SMILES string of the molecule is CC(CO)CN1CCN(c2cc(C3CCC3)nc(C(C)(C)C)n2)CC1. The van der Waals surface area contributed by atoms with Gasteiger partial charge < -0.3 is 10.0 Å². The van der Waals surface area contributed by atoms with Crippen molar-refractivity contribution in [3.63, 3.8) is 0 Å². The van der Waals surface area contributed by atoms with E-state index >= 15 is 0 Å². The van der Waals surface area contributed by atoms with Crippen LogP contribution in [0.1, 0.15) is 64.4 Å². The fraction of sp³-hybridized carbons (Fsp3) is 0.800. The maximum atomic E-state index is 9.26. The summed E-state index contributed by atoms with van der Waals surface area (Å²) in [5.74, 6) is 3.07. The third kappa shape index (κ3) is 4.50. The van der Waals surface area contributed by atoms with E-state index in [2.05, 4.69) is 43.6 Å². The molecule has 1 aliphatic heterocycles. The van der Waals surface area contributed by atoms with Crippen LogP contribution in [0.15, 0.2) is 6.07 Å². The molecule has 0 radical (unpaired) electrons. The molecule has 0 amide bonds. The first-order chi connectivity index (χ1) is 11.9. The number of aliphatic hydroxyl groups is 1. The number of rotatable bonds is 5. The van der Waals surface area contributed by atoms with Crippen LogP contribution >= 0.6 is 0 Å². The molecule has 1 atom stereocenters. The van der Waals surface area contributed by atoms with Crippen LogP contribution in [0.5, 0.6) is 0 Å². The number of aromatic nitrogens is 2. The molecule has 2 fully saturated rings. The molecule has 1 unspecified atom stereocenters. The first-order valence-corrected chi connectivity index (χ1v) is 9.84. The molecule has 0 bridgehead atoms. The Morgan fingerprint density at radius 3 is 2.36 bits per heavy atom. The fourth-order valence-corrected chi connectivity index (χ4v) is 3.52. The van der Waals surface area contributed by atoms with Crippen molar-refractivity contribution in [2.75, 3.05) is 44.2 Å². The van der Waals surface area contributed by atoms with Crippen molar-refractivity contribution in [2.24, 2.45) is 5.92 Å². The first-order valence-electron chi connectivity index (χ1n) is 9.84. The second kappa shape index (κ2) is 7.58. The van der Waals surface area contributed by atoms with Gasteiger partial charge in [-0.05, 0) is 18.8 Å². The molecule has 5 nitrogen and oxygen atoms in total. The second-order valence-corrected chi connectivity index (χ2v) is 8.93. The van der Waals surface area contributed by atoms with Gasteiger partial charge in [-0.2, -0.15) is 0 Å². The van der Waals surface area contributed by atoms with Crippen molar-refractivity contribution in [1.29, 1.82) is 0 Å². The Bertz CT molecular complexity index is 572. The Labute approximate surface area is 152 Å². The van der Waals surface area contributed by atoms with Crippen LogP contribution in [0.25, 0.3) is 0 Å². The van der Waals surface area contributed by atoms with Gasteiger partial charge in [0.25, 0.3) is 0 Å². The summed E-state index contributed by atoms with van der Waals surface area (Å²) in [6, 6.07) is 2.24. The summed E-state index contributed by atoms with van der Waals surface area (Å²) >= 11 is 0. The van der Waals surface area contributed by atoms with Gasteiger partial charge in [0.05, 0.1) is 0 Å². The van der Waals surface area contributed by atoms with Gasteiger partial charge in [-0.3, -0.25) is 4.90 Å². The summed E-state index contributed by atoms with van der Waals surface area (Å²) in [6.07, 6.45) is 3.87. The summed E-state index contributed by atoms with van der Waals surface area (Å²) in [6.45, 7) is 14.0. The number of aliphatic hydroxyl groups excluding tert-OH is 1. The average molecular weight is 347 g/mol. The van der Waals surface area contributed by atoms with Gasteiger partial charge in [-0.15, -0.1) is 0 Å². The lowest BCUT2D eigenvalue weighted by Gasteiger charge is -2.37. The summed E-state index contributed by atoms with van der Waals surface area (Å²) in [5.41, 5.74) is 1.23. The molecular formula is C20H34N4O. The Morgan fingerprint density at radius 1 is 1.16 bits per heavy atom. The van der Waals surface area contributed by atoms with E-state index in [1.165, 1.54) is 25.0 Å². The van der Waals surface area contributed by atoms with E-state index in [9.17, 15) is 5.11 Å². The Hall–Kier alpha value is -1.20. The van der Waals surface area contributed by atoms with Crippen molar-refractivity contribution in [2.45, 2.75) is 58.3 Å². The van der Waals surface area contributed by atoms with Gasteiger partial charge in [0, 0.05) is 62.4 Å². The number of hydrogen-bond acceptors (Lipinski definition) is 5. The molecule has 2 heterocycles. The van der Waals surface area contributed by atoms with Crippen LogP contribution in [0.3, 0.4) is 0 Å². The van der Waals surface area contributed by atoms with E-state index in [1.54, 1.807) is 0 Å². The quantitative estimate of drug-likeness (QED) is 0.888. The molecule has 1 N–H and O–H groups in total. The van der Waals surface area contributed by atoms with Crippen LogP contribution in [-0.2, 0) is 5.41 Å². The minimum Gasteiger partial charge on any atom is -0.396 e. The van der Waals surface area contributed by atoms with Crippen LogP contribution in [0.4, 0.5) is 5.82 Å². The minimum absolute atomic E-state index is 0.0209. The van der Waals surface area contributed by atoms with E-state index in [0.29, 0.717) is 11.8 Å². The lowest BCUT2D eigenvalue weighted by Crippen LogP contribution is -2.48. The number of hydrogen-bond donors (Lipinski definition) is 1. The highest BCUT2D eigenvalue weighted by atomic mass is 16.3. The Morgan fingerprint density at radius 2 is 1.84 bits per heavy atom. The zero-order valence-corrected chi connectivity index (χ0v) is 16.3. The fourth-order valence-electron chi connectivity index (χ4n) is 3.52. The van der Waals surface area contributed by atoms with Gasteiger partial charge in [0.15, 0.2) is 0 Å². The first kappa shape index (κ1) is 18.6. The smallest absolute Gasteiger partial charge is 0.136 e. The molecule has 1 aromatic rings. The molecule has 1 saturated carbocycles. The van der Waals surface area contributed by atoms with Crippen molar-refractivity contribution >= 4 is 5.82 Å². The molecule has 1 aromatic heterocycles. The monoisotopic (exact) mass is 346 g/mol. The van der Waals surface area contributed by atoms with Crippen molar-refractivity contribution in [3.8, 4) is 0 Å². The molecule has 25 heavy (non-hydrogen) atoms. The normalized spacial score (nSPS) is 21.2. The summed E-state index contributed by atoms with van der Waals surface area (Å²) in [7, 11) is 0. The van der Waals surface area contributed by atoms with Crippen LogP contribution in [0, 0.1) is 5.92 Å². The maximum absolute atomic E-state index is 9.26. The van der Waals surface area contributed by atoms with Crippen LogP contribution < -0.4 is 4.90 Å². The lowest BCUT2D eigenvalue weighted by molar-refractivity contribution is 0.167. The van der Waals surface area contributed by atoms with Gasteiger partial charge >= 0.3 is 0 Å². The minimum atomic E-state index is -0.0209. The topological polar surface area (TPSA) is 52.5 Å². The predicted octanol–water partition coefficient (Wildman–Crippen LogP) is 2.79. The third-order valence-corrected chi connectivity index (χ3v) is 5.50. The molecular weight excluding hydrogens is 312 g/mol. The maximum Gasteiger partial charge on any atom is 0.136 e. The van der Waals surface area contributed by atoms with E-state index in [0.717, 1.165) is 44.4 Å². The average Bonchev–Trinajstić information content (AvgIpc) is 2.52. The second-order valence-electron chi connectivity index (χ2n) is 8.93. The summed E-state index contributed by atoms with van der Waals surface area (Å²) in [4.78, 5) is 14.7. The van der Waals surface area contributed by atoms with E-state index in [4.69, 9.17) is 9.97 Å². The summed E-state index contributed by atoms with van der Waals surface area (Å²) < 4.78 is 0. The van der Waals surface area contributed by atoms with E-state index < -0.39 is 0 Å². The number of nitrogens with zero attached hydrogens (tertiary/aromatic N) is 4. The summed E-state index contributed by atoms with van der Waals surface area (Å²) in [5, 5.41) is 9.26. The predicted molar refractivity (Wildman–Crippen MR) is 102 cm³/mol. The third-order valence-electron chi connectivity index (χ3n) is 5.50. The van der Waals surface area contributed by atoms with Crippen molar-refractivity contribution in [3.05, 3.63) is 17.6 Å². The highest BCUT2D eigenvalue weighted by Gasteiger charge is 2.27. The molecule has 3 rings (SSSR count). The molecule has 1 saturated heterocycles. The van der Waals surface area contributed by atoms with E-state index in [1.807, 2.05) is 0 Å². The van der Waals surface area contributed by atoms with Crippen molar-refractivity contribution < 1.29 is 5.11 Å². The highest BCUT2D eigenvalue weighted by Crippen LogP contribution is 2.37. The lowest BCUT2D eigenvalue weighted by atomic mass is 9.82. The molecule has 0 aromatic carbocycles. The van der Waals surface area contributed by atoms with Crippen LogP contribution in [0.2, 0.25) is 0 Å². The van der Waals surface area contributed by atoms with Gasteiger partial charge in [-0.1, -0.05) is 34.1 Å². The Balaban J connectivity index is 1.73. The largest absolute Gasteiger partial charge is 0.396 e. The molecule has 0 spiro atoms. The van der Waals surface area contributed by atoms with Crippen molar-refractivity contribution in [1.82, 2.24) is 14.9 Å². The van der Waals surface area contributed by atoms with E-state index in [-0.39, 0.29) is 12.0 Å². The Kier molecular flexibility index (Phi) is 5.64. The zero-order valence-electron chi connectivity index (χ0n) is 16.3. The van der Waals surface area contributed by atoms with Gasteiger partial charge in [0.1, 0.15) is 11.6 Å².